The lowest BCUT2D eigenvalue weighted by Gasteiger charge is -2.16. The Hall–Kier alpha value is -3.03. The van der Waals surface area contributed by atoms with Gasteiger partial charge >= 0.3 is 6.61 Å². The average Bonchev–Trinajstić information content (AvgIpc) is 3.03. The predicted molar refractivity (Wildman–Crippen MR) is 84.4 cm³/mol. The van der Waals surface area contributed by atoms with Crippen LogP contribution in [0, 0.1) is 0 Å². The van der Waals surface area contributed by atoms with Crippen molar-refractivity contribution in [2.75, 3.05) is 12.1 Å². The van der Waals surface area contributed by atoms with Crippen LogP contribution in [0.3, 0.4) is 0 Å². The number of halogens is 2. The molecule has 6 nitrogen and oxygen atoms in total. The third-order valence-electron chi connectivity index (χ3n) is 3.39. The van der Waals surface area contributed by atoms with Crippen LogP contribution in [0.2, 0.25) is 0 Å². The van der Waals surface area contributed by atoms with Crippen LogP contribution in [0.1, 0.15) is 6.92 Å². The molecule has 0 aliphatic carbocycles. The maximum absolute atomic E-state index is 12.4. The van der Waals surface area contributed by atoms with Gasteiger partial charge in [-0.3, -0.25) is 4.79 Å². The van der Waals surface area contributed by atoms with Crippen molar-refractivity contribution in [1.82, 2.24) is 0 Å². The Morgan fingerprint density at radius 3 is 2.68 bits per heavy atom. The highest BCUT2D eigenvalue weighted by Crippen LogP contribution is 2.35. The SMILES string of the molecule is C[C@H](Oc1ccc2c(c1)OCO2)C(=O)Nc1ccccc1OC(F)F. The Labute approximate surface area is 142 Å². The summed E-state index contributed by atoms with van der Waals surface area (Å²) < 4.78 is 45.2. The molecule has 0 saturated carbocycles. The average molecular weight is 351 g/mol. The molecule has 0 saturated heterocycles. The summed E-state index contributed by atoms with van der Waals surface area (Å²) in [5.74, 6) is 0.913. The van der Waals surface area contributed by atoms with Crippen LogP contribution in [0.25, 0.3) is 0 Å². The first-order chi connectivity index (χ1) is 12.0. The molecule has 2 aromatic carbocycles. The highest BCUT2D eigenvalue weighted by Gasteiger charge is 2.20. The fourth-order valence-corrected chi connectivity index (χ4v) is 2.21. The molecule has 0 radical (unpaired) electrons. The van der Waals surface area contributed by atoms with Gasteiger partial charge in [0.1, 0.15) is 11.5 Å². The van der Waals surface area contributed by atoms with Crippen LogP contribution in [-0.4, -0.2) is 25.4 Å². The third kappa shape index (κ3) is 4.09. The lowest BCUT2D eigenvalue weighted by Crippen LogP contribution is -2.30. The summed E-state index contributed by atoms with van der Waals surface area (Å²) in [5, 5.41) is 2.51. The quantitative estimate of drug-likeness (QED) is 0.864. The largest absolute Gasteiger partial charge is 0.481 e. The summed E-state index contributed by atoms with van der Waals surface area (Å²) in [6.07, 6.45) is -0.875. The lowest BCUT2D eigenvalue weighted by molar-refractivity contribution is -0.122. The van der Waals surface area contributed by atoms with Gasteiger partial charge in [0.25, 0.3) is 5.91 Å². The van der Waals surface area contributed by atoms with Crippen LogP contribution >= 0.6 is 0 Å². The number of para-hydroxylation sites is 2. The number of carbonyl (C=O) groups is 1. The molecule has 1 N–H and O–H groups in total. The Morgan fingerprint density at radius 1 is 1.12 bits per heavy atom. The molecule has 1 aliphatic rings. The molecular formula is C17H15F2NO5. The number of anilines is 1. The molecule has 3 rings (SSSR count). The molecule has 0 aromatic heterocycles. The number of nitrogens with one attached hydrogen (secondary N) is 1. The van der Waals surface area contributed by atoms with Crippen molar-refractivity contribution in [3.05, 3.63) is 42.5 Å². The monoisotopic (exact) mass is 351 g/mol. The van der Waals surface area contributed by atoms with Crippen molar-refractivity contribution in [3.8, 4) is 23.0 Å². The topological polar surface area (TPSA) is 66.0 Å². The van der Waals surface area contributed by atoms with E-state index in [-0.39, 0.29) is 18.2 Å². The van der Waals surface area contributed by atoms with Crippen molar-refractivity contribution in [1.29, 1.82) is 0 Å². The van der Waals surface area contributed by atoms with E-state index in [2.05, 4.69) is 10.1 Å². The lowest BCUT2D eigenvalue weighted by atomic mass is 10.2. The number of hydrogen-bond acceptors (Lipinski definition) is 5. The van der Waals surface area contributed by atoms with Gasteiger partial charge in [-0.15, -0.1) is 0 Å². The molecule has 2 aromatic rings. The van der Waals surface area contributed by atoms with E-state index in [4.69, 9.17) is 14.2 Å². The number of rotatable bonds is 6. The van der Waals surface area contributed by atoms with Crippen molar-refractivity contribution >= 4 is 11.6 Å². The van der Waals surface area contributed by atoms with E-state index < -0.39 is 18.6 Å². The second kappa shape index (κ2) is 7.25. The second-order valence-corrected chi connectivity index (χ2v) is 5.14. The zero-order valence-electron chi connectivity index (χ0n) is 13.2. The van der Waals surface area contributed by atoms with Crippen LogP contribution in [0.5, 0.6) is 23.0 Å². The fraction of sp³-hybridized carbons (Fsp3) is 0.235. The molecule has 1 amide bonds. The van der Waals surface area contributed by atoms with Gasteiger partial charge in [0, 0.05) is 6.07 Å². The molecule has 0 bridgehead atoms. The van der Waals surface area contributed by atoms with E-state index in [9.17, 15) is 13.6 Å². The molecule has 1 atom stereocenters. The van der Waals surface area contributed by atoms with Crippen LogP contribution in [0.15, 0.2) is 42.5 Å². The fourth-order valence-electron chi connectivity index (χ4n) is 2.21. The smallest absolute Gasteiger partial charge is 0.387 e. The van der Waals surface area contributed by atoms with Gasteiger partial charge in [-0.2, -0.15) is 8.78 Å². The zero-order valence-corrected chi connectivity index (χ0v) is 13.2. The Bertz CT molecular complexity index is 768. The molecule has 0 spiro atoms. The van der Waals surface area contributed by atoms with Crippen LogP contribution < -0.4 is 24.3 Å². The molecule has 25 heavy (non-hydrogen) atoms. The van der Waals surface area contributed by atoms with E-state index in [0.717, 1.165) is 0 Å². The van der Waals surface area contributed by atoms with Crippen molar-refractivity contribution in [2.45, 2.75) is 19.6 Å². The highest BCUT2D eigenvalue weighted by atomic mass is 19.3. The van der Waals surface area contributed by atoms with Crippen molar-refractivity contribution in [3.63, 3.8) is 0 Å². The van der Waals surface area contributed by atoms with Gasteiger partial charge < -0.3 is 24.3 Å². The molecular weight excluding hydrogens is 336 g/mol. The van der Waals surface area contributed by atoms with Gasteiger partial charge in [0.05, 0.1) is 5.69 Å². The summed E-state index contributed by atoms with van der Waals surface area (Å²) in [5.41, 5.74) is 0.133. The minimum Gasteiger partial charge on any atom is -0.481 e. The number of hydrogen-bond donors (Lipinski definition) is 1. The van der Waals surface area contributed by atoms with Gasteiger partial charge in [-0.05, 0) is 31.2 Å². The van der Waals surface area contributed by atoms with Gasteiger partial charge in [0.15, 0.2) is 17.6 Å². The molecule has 1 aliphatic heterocycles. The third-order valence-corrected chi connectivity index (χ3v) is 3.39. The van der Waals surface area contributed by atoms with E-state index in [1.54, 1.807) is 24.3 Å². The number of carbonyl (C=O) groups excluding carboxylic acids is 1. The number of amides is 1. The maximum Gasteiger partial charge on any atom is 0.387 e. The minimum atomic E-state index is -2.99. The standard InChI is InChI=1S/C17H15F2NO5/c1-10(24-11-6-7-14-15(8-11)23-9-22-14)16(21)20-12-4-2-3-5-13(12)25-17(18)19/h2-8,10,17H,9H2,1H3,(H,20,21)/t10-/m0/s1. The number of fused-ring (bicyclic) bond motifs is 1. The molecule has 132 valence electrons. The molecule has 8 heteroatoms. The summed E-state index contributed by atoms with van der Waals surface area (Å²) >= 11 is 0. The van der Waals surface area contributed by atoms with Gasteiger partial charge in [0.2, 0.25) is 6.79 Å². The van der Waals surface area contributed by atoms with E-state index in [1.165, 1.54) is 25.1 Å². The second-order valence-electron chi connectivity index (χ2n) is 5.14. The summed E-state index contributed by atoms with van der Waals surface area (Å²) in [7, 11) is 0. The number of ether oxygens (including phenoxy) is 4. The zero-order chi connectivity index (χ0) is 17.8. The van der Waals surface area contributed by atoms with Gasteiger partial charge in [-0.1, -0.05) is 12.1 Å². The first-order valence-corrected chi connectivity index (χ1v) is 7.44. The van der Waals surface area contributed by atoms with Crippen LogP contribution in [0.4, 0.5) is 14.5 Å². The number of alkyl halides is 2. The first-order valence-electron chi connectivity index (χ1n) is 7.44. The highest BCUT2D eigenvalue weighted by molar-refractivity contribution is 5.95. The normalized spacial score (nSPS) is 13.4. The first kappa shape index (κ1) is 16.8. The maximum atomic E-state index is 12.4. The Morgan fingerprint density at radius 2 is 1.88 bits per heavy atom. The van der Waals surface area contributed by atoms with E-state index >= 15 is 0 Å². The van der Waals surface area contributed by atoms with Crippen LogP contribution in [-0.2, 0) is 4.79 Å². The van der Waals surface area contributed by atoms with Crippen molar-refractivity contribution < 1.29 is 32.5 Å². The van der Waals surface area contributed by atoms with E-state index in [1.807, 2.05) is 0 Å². The summed E-state index contributed by atoms with van der Waals surface area (Å²) in [6.45, 7) is -1.31. The summed E-state index contributed by atoms with van der Waals surface area (Å²) in [6, 6.07) is 10.9. The Kier molecular flexibility index (Phi) is 4.87. The van der Waals surface area contributed by atoms with Crippen molar-refractivity contribution in [2.24, 2.45) is 0 Å². The minimum absolute atomic E-state index is 0.124. The summed E-state index contributed by atoms with van der Waals surface area (Å²) in [4.78, 5) is 12.3. The Balaban J connectivity index is 1.65. The predicted octanol–water partition coefficient (Wildman–Crippen LogP) is 3.42. The van der Waals surface area contributed by atoms with Gasteiger partial charge in [-0.25, -0.2) is 0 Å². The molecule has 0 unspecified atom stereocenters. The molecule has 0 fully saturated rings. The molecule has 1 heterocycles. The van der Waals surface area contributed by atoms with E-state index in [0.29, 0.717) is 17.2 Å². The number of benzene rings is 2.